The number of hydrogen-bond acceptors (Lipinski definition) is 3. The fraction of sp³-hybridized carbons (Fsp3) is 0.600. The van der Waals surface area contributed by atoms with E-state index in [-0.39, 0.29) is 17.9 Å². The predicted molar refractivity (Wildman–Crippen MR) is 102 cm³/mol. The van der Waals surface area contributed by atoms with Crippen LogP contribution < -0.4 is 10.6 Å². The van der Waals surface area contributed by atoms with Gasteiger partial charge in [0.25, 0.3) is 0 Å². The number of hydrogen-bond donors (Lipinski definition) is 2. The molecule has 140 valence electrons. The lowest BCUT2D eigenvalue weighted by Crippen LogP contribution is -2.36. The molecule has 0 spiro atoms. The number of carbonyl (C=O) groups is 2. The smallest absolute Gasteiger partial charge is 0.225 e. The van der Waals surface area contributed by atoms with Gasteiger partial charge in [0, 0.05) is 24.9 Å². The minimum Gasteiger partial charge on any atom is -0.356 e. The number of carbonyl (C=O) groups excluding carboxylic acids is 2. The standard InChI is InChI=1S/C20H33N3O2/c1-15-9-11-16(12-10-15)17(23(5)6)14-22-18(24)8-7-13-21-19(25)20(2,3)4/h9-12,17H,7-8,13-14H2,1-6H3,(H,21,25)(H,22,24). The number of nitrogens with zero attached hydrogens (tertiary/aromatic N) is 1. The van der Waals surface area contributed by atoms with Crippen LogP contribution in [0.15, 0.2) is 24.3 Å². The van der Waals surface area contributed by atoms with Crippen molar-refractivity contribution >= 4 is 11.8 Å². The maximum atomic E-state index is 12.1. The summed E-state index contributed by atoms with van der Waals surface area (Å²) in [6, 6.07) is 8.53. The van der Waals surface area contributed by atoms with Gasteiger partial charge in [0.15, 0.2) is 0 Å². The molecule has 5 heteroatoms. The van der Waals surface area contributed by atoms with Gasteiger partial charge in [-0.1, -0.05) is 50.6 Å². The summed E-state index contributed by atoms with van der Waals surface area (Å²) >= 11 is 0. The van der Waals surface area contributed by atoms with Crippen LogP contribution in [0.4, 0.5) is 0 Å². The van der Waals surface area contributed by atoms with E-state index in [0.29, 0.717) is 25.9 Å². The Bertz CT molecular complexity index is 559. The van der Waals surface area contributed by atoms with E-state index >= 15 is 0 Å². The Hall–Kier alpha value is -1.88. The molecule has 25 heavy (non-hydrogen) atoms. The fourth-order valence-electron chi connectivity index (χ4n) is 2.40. The van der Waals surface area contributed by atoms with Crippen LogP contribution in [-0.2, 0) is 9.59 Å². The quantitative estimate of drug-likeness (QED) is 0.711. The highest BCUT2D eigenvalue weighted by atomic mass is 16.2. The lowest BCUT2D eigenvalue weighted by Gasteiger charge is -2.25. The molecule has 0 bridgehead atoms. The molecule has 0 heterocycles. The fourth-order valence-corrected chi connectivity index (χ4v) is 2.40. The summed E-state index contributed by atoms with van der Waals surface area (Å²) in [6.07, 6.45) is 1.06. The van der Waals surface area contributed by atoms with E-state index in [9.17, 15) is 9.59 Å². The third-order valence-electron chi connectivity index (χ3n) is 4.13. The second kappa shape index (κ2) is 9.56. The van der Waals surface area contributed by atoms with Crippen molar-refractivity contribution in [3.05, 3.63) is 35.4 Å². The van der Waals surface area contributed by atoms with Crippen LogP contribution >= 0.6 is 0 Å². The van der Waals surface area contributed by atoms with Crippen molar-refractivity contribution in [1.82, 2.24) is 15.5 Å². The van der Waals surface area contributed by atoms with Crippen LogP contribution in [0.25, 0.3) is 0 Å². The van der Waals surface area contributed by atoms with E-state index in [2.05, 4.69) is 46.7 Å². The van der Waals surface area contributed by atoms with Gasteiger partial charge >= 0.3 is 0 Å². The molecule has 1 aromatic rings. The SMILES string of the molecule is Cc1ccc(C(CNC(=O)CCCNC(=O)C(C)(C)C)N(C)C)cc1. The molecule has 0 aliphatic rings. The maximum Gasteiger partial charge on any atom is 0.225 e. The average molecular weight is 348 g/mol. The molecular formula is C20H33N3O2. The van der Waals surface area contributed by atoms with Gasteiger partial charge in [0.05, 0.1) is 6.04 Å². The highest BCUT2D eigenvalue weighted by molar-refractivity contribution is 5.81. The van der Waals surface area contributed by atoms with E-state index in [0.717, 1.165) is 0 Å². The molecule has 0 saturated carbocycles. The van der Waals surface area contributed by atoms with E-state index in [4.69, 9.17) is 0 Å². The summed E-state index contributed by atoms with van der Waals surface area (Å²) in [4.78, 5) is 25.9. The lowest BCUT2D eigenvalue weighted by atomic mass is 9.96. The molecule has 0 saturated heterocycles. The Kier molecular flexibility index (Phi) is 8.10. The highest BCUT2D eigenvalue weighted by Crippen LogP contribution is 2.18. The first-order valence-electron chi connectivity index (χ1n) is 8.89. The molecule has 1 unspecified atom stereocenters. The third-order valence-corrected chi connectivity index (χ3v) is 4.13. The Morgan fingerprint density at radius 1 is 1.08 bits per heavy atom. The van der Waals surface area contributed by atoms with Crippen molar-refractivity contribution in [3.63, 3.8) is 0 Å². The number of amides is 2. The molecule has 0 aliphatic heterocycles. The Morgan fingerprint density at radius 2 is 1.68 bits per heavy atom. The van der Waals surface area contributed by atoms with Crippen LogP contribution in [0, 0.1) is 12.3 Å². The zero-order chi connectivity index (χ0) is 19.0. The van der Waals surface area contributed by atoms with Gasteiger partial charge < -0.3 is 15.5 Å². The first-order valence-corrected chi connectivity index (χ1v) is 8.89. The number of nitrogens with one attached hydrogen (secondary N) is 2. The molecular weight excluding hydrogens is 314 g/mol. The van der Waals surface area contributed by atoms with E-state index < -0.39 is 5.41 Å². The highest BCUT2D eigenvalue weighted by Gasteiger charge is 2.20. The summed E-state index contributed by atoms with van der Waals surface area (Å²) in [7, 11) is 4.03. The second-order valence-corrected chi connectivity index (χ2v) is 7.80. The first-order chi connectivity index (χ1) is 11.6. The van der Waals surface area contributed by atoms with Gasteiger partial charge in [-0.15, -0.1) is 0 Å². The van der Waals surface area contributed by atoms with Gasteiger partial charge in [-0.3, -0.25) is 9.59 Å². The normalized spacial score (nSPS) is 12.8. The Morgan fingerprint density at radius 3 is 2.20 bits per heavy atom. The van der Waals surface area contributed by atoms with Crippen LogP contribution in [0.1, 0.15) is 50.8 Å². The van der Waals surface area contributed by atoms with E-state index in [1.54, 1.807) is 0 Å². The molecule has 1 rings (SSSR count). The minimum absolute atomic E-state index is 0.0138. The zero-order valence-electron chi connectivity index (χ0n) is 16.5. The van der Waals surface area contributed by atoms with Crippen molar-refractivity contribution in [1.29, 1.82) is 0 Å². The van der Waals surface area contributed by atoms with Crippen molar-refractivity contribution in [2.75, 3.05) is 27.2 Å². The molecule has 0 fully saturated rings. The van der Waals surface area contributed by atoms with Gasteiger partial charge in [-0.25, -0.2) is 0 Å². The monoisotopic (exact) mass is 347 g/mol. The summed E-state index contributed by atoms with van der Waals surface area (Å²) in [6.45, 7) is 8.79. The Labute approximate surface area is 152 Å². The number of rotatable bonds is 8. The molecule has 0 radical (unpaired) electrons. The second-order valence-electron chi connectivity index (χ2n) is 7.80. The molecule has 0 aliphatic carbocycles. The summed E-state index contributed by atoms with van der Waals surface area (Å²) < 4.78 is 0. The average Bonchev–Trinajstić information content (AvgIpc) is 2.52. The van der Waals surface area contributed by atoms with Crippen molar-refractivity contribution in [3.8, 4) is 0 Å². The molecule has 1 atom stereocenters. The van der Waals surface area contributed by atoms with Gasteiger partial charge in [0.1, 0.15) is 0 Å². The van der Waals surface area contributed by atoms with E-state index in [1.165, 1.54) is 11.1 Å². The van der Waals surface area contributed by atoms with Crippen LogP contribution in [-0.4, -0.2) is 43.9 Å². The Balaban J connectivity index is 2.38. The number of aryl methyl sites for hydroxylation is 1. The molecule has 1 aromatic carbocycles. The third kappa shape index (κ3) is 7.69. The largest absolute Gasteiger partial charge is 0.356 e. The molecule has 5 nitrogen and oxygen atoms in total. The van der Waals surface area contributed by atoms with Gasteiger partial charge in [0.2, 0.25) is 11.8 Å². The van der Waals surface area contributed by atoms with Crippen molar-refractivity contribution < 1.29 is 9.59 Å². The molecule has 2 amide bonds. The van der Waals surface area contributed by atoms with Crippen molar-refractivity contribution in [2.45, 2.75) is 46.6 Å². The summed E-state index contributed by atoms with van der Waals surface area (Å²) in [5.74, 6) is 0.0314. The first kappa shape index (κ1) is 21.2. The number of benzene rings is 1. The molecule has 0 aromatic heterocycles. The van der Waals surface area contributed by atoms with Crippen molar-refractivity contribution in [2.24, 2.45) is 5.41 Å². The van der Waals surface area contributed by atoms with Crippen LogP contribution in [0.3, 0.4) is 0 Å². The van der Waals surface area contributed by atoms with Crippen LogP contribution in [0.2, 0.25) is 0 Å². The van der Waals surface area contributed by atoms with Crippen LogP contribution in [0.5, 0.6) is 0 Å². The van der Waals surface area contributed by atoms with Gasteiger partial charge in [-0.2, -0.15) is 0 Å². The topological polar surface area (TPSA) is 61.4 Å². The predicted octanol–water partition coefficient (Wildman–Crippen LogP) is 2.66. The molecule has 2 N–H and O–H groups in total. The lowest BCUT2D eigenvalue weighted by molar-refractivity contribution is -0.128. The number of likely N-dealkylation sites (N-methyl/N-ethyl adjacent to an activating group) is 1. The minimum atomic E-state index is -0.394. The van der Waals surface area contributed by atoms with Gasteiger partial charge in [-0.05, 0) is 33.0 Å². The van der Waals surface area contributed by atoms with E-state index in [1.807, 2.05) is 34.9 Å². The summed E-state index contributed by atoms with van der Waals surface area (Å²) in [5.41, 5.74) is 2.02. The summed E-state index contributed by atoms with van der Waals surface area (Å²) in [5, 5.41) is 5.87. The maximum absolute atomic E-state index is 12.1. The zero-order valence-corrected chi connectivity index (χ0v) is 16.5.